The highest BCUT2D eigenvalue weighted by Crippen LogP contribution is 2.34. The Morgan fingerprint density at radius 2 is 1.84 bits per heavy atom. The van der Waals surface area contributed by atoms with Crippen molar-refractivity contribution in [3.63, 3.8) is 0 Å². The minimum atomic E-state index is -0.590. The molecule has 0 saturated heterocycles. The number of carbonyl (C=O) groups excluding carboxylic acids is 2. The SMILES string of the molecule is O=C(CSc1ncccc1C(=O)OCc1c(Cl)cccc1Cl)Nc1ccc2c(c1)OCO2. The van der Waals surface area contributed by atoms with E-state index in [0.29, 0.717) is 37.8 Å². The molecule has 0 saturated carbocycles. The topological polar surface area (TPSA) is 86.8 Å². The van der Waals surface area contributed by atoms with Gasteiger partial charge in [-0.3, -0.25) is 4.79 Å². The Morgan fingerprint density at radius 1 is 1.06 bits per heavy atom. The lowest BCUT2D eigenvalue weighted by molar-refractivity contribution is -0.113. The molecule has 1 N–H and O–H groups in total. The van der Waals surface area contributed by atoms with E-state index in [1.54, 1.807) is 54.7 Å². The van der Waals surface area contributed by atoms with Crippen LogP contribution in [0.15, 0.2) is 59.8 Å². The molecule has 164 valence electrons. The molecule has 10 heteroatoms. The van der Waals surface area contributed by atoms with Gasteiger partial charge < -0.3 is 19.5 Å². The third kappa shape index (κ3) is 5.27. The Balaban J connectivity index is 1.36. The summed E-state index contributed by atoms with van der Waals surface area (Å²) in [6.07, 6.45) is 1.54. The number of hydrogen-bond donors (Lipinski definition) is 1. The van der Waals surface area contributed by atoms with Crippen molar-refractivity contribution >= 4 is 52.5 Å². The molecule has 1 aliphatic heterocycles. The van der Waals surface area contributed by atoms with Crippen molar-refractivity contribution in [2.24, 2.45) is 0 Å². The van der Waals surface area contributed by atoms with Crippen LogP contribution in [0.3, 0.4) is 0 Å². The summed E-state index contributed by atoms with van der Waals surface area (Å²) in [4.78, 5) is 29.2. The molecule has 0 spiro atoms. The summed E-state index contributed by atoms with van der Waals surface area (Å²) >= 11 is 13.4. The van der Waals surface area contributed by atoms with Crippen LogP contribution in [-0.2, 0) is 16.1 Å². The number of hydrogen-bond acceptors (Lipinski definition) is 7. The number of nitrogens with zero attached hydrogens (tertiary/aromatic N) is 1. The second-order valence-corrected chi connectivity index (χ2v) is 8.32. The van der Waals surface area contributed by atoms with Gasteiger partial charge >= 0.3 is 5.97 Å². The van der Waals surface area contributed by atoms with Crippen molar-refractivity contribution in [3.8, 4) is 11.5 Å². The molecular formula is C22H16Cl2N2O5S. The normalized spacial score (nSPS) is 11.8. The van der Waals surface area contributed by atoms with Crippen molar-refractivity contribution < 1.29 is 23.8 Å². The zero-order valence-electron chi connectivity index (χ0n) is 16.5. The van der Waals surface area contributed by atoms with E-state index in [9.17, 15) is 9.59 Å². The number of amides is 1. The molecule has 0 unspecified atom stereocenters. The first kappa shape index (κ1) is 22.3. The van der Waals surface area contributed by atoms with Gasteiger partial charge in [0, 0.05) is 33.6 Å². The van der Waals surface area contributed by atoms with Gasteiger partial charge in [0.25, 0.3) is 0 Å². The molecule has 32 heavy (non-hydrogen) atoms. The van der Waals surface area contributed by atoms with Gasteiger partial charge in [0.05, 0.1) is 11.3 Å². The Kier molecular flexibility index (Phi) is 7.04. The summed E-state index contributed by atoms with van der Waals surface area (Å²) in [6.45, 7) is 0.0742. The highest BCUT2D eigenvalue weighted by molar-refractivity contribution is 8.00. The highest BCUT2D eigenvalue weighted by atomic mass is 35.5. The first-order valence-electron chi connectivity index (χ1n) is 9.38. The maximum atomic E-state index is 12.6. The number of pyridine rings is 1. The van der Waals surface area contributed by atoms with Gasteiger partial charge in [-0.2, -0.15) is 0 Å². The second kappa shape index (κ2) is 10.1. The number of carbonyl (C=O) groups is 2. The zero-order chi connectivity index (χ0) is 22.5. The van der Waals surface area contributed by atoms with Gasteiger partial charge in [0.2, 0.25) is 12.7 Å². The van der Waals surface area contributed by atoms with Gasteiger partial charge in [0.1, 0.15) is 11.6 Å². The lowest BCUT2D eigenvalue weighted by Gasteiger charge is -2.11. The van der Waals surface area contributed by atoms with Crippen LogP contribution in [0.1, 0.15) is 15.9 Å². The largest absolute Gasteiger partial charge is 0.457 e. The number of rotatable bonds is 7. The van der Waals surface area contributed by atoms with Crippen LogP contribution in [0.5, 0.6) is 11.5 Å². The predicted molar refractivity (Wildman–Crippen MR) is 122 cm³/mol. The number of ether oxygens (including phenoxy) is 3. The fraction of sp³-hybridized carbons (Fsp3) is 0.136. The first-order chi connectivity index (χ1) is 15.5. The van der Waals surface area contributed by atoms with Crippen molar-refractivity contribution in [1.82, 2.24) is 4.98 Å². The van der Waals surface area contributed by atoms with Gasteiger partial charge in [0.15, 0.2) is 11.5 Å². The van der Waals surface area contributed by atoms with Crippen LogP contribution >= 0.6 is 35.0 Å². The molecule has 7 nitrogen and oxygen atoms in total. The number of aromatic nitrogens is 1. The van der Waals surface area contributed by atoms with Crippen LogP contribution in [-0.4, -0.2) is 29.4 Å². The van der Waals surface area contributed by atoms with Crippen LogP contribution in [0.25, 0.3) is 0 Å². The smallest absolute Gasteiger partial charge is 0.341 e. The summed E-state index contributed by atoms with van der Waals surface area (Å²) < 4.78 is 15.9. The molecule has 0 fully saturated rings. The maximum Gasteiger partial charge on any atom is 0.341 e. The average Bonchev–Trinajstić information content (AvgIpc) is 3.25. The zero-order valence-corrected chi connectivity index (χ0v) is 18.8. The predicted octanol–water partition coefficient (Wildman–Crippen LogP) is 5.20. The number of halogens is 2. The van der Waals surface area contributed by atoms with E-state index in [-0.39, 0.29) is 30.6 Å². The number of anilines is 1. The number of esters is 1. The maximum absolute atomic E-state index is 12.6. The Bertz CT molecular complexity index is 1150. The van der Waals surface area contributed by atoms with E-state index in [1.807, 2.05) is 0 Å². The van der Waals surface area contributed by atoms with Gasteiger partial charge in [-0.05, 0) is 36.4 Å². The molecule has 1 aromatic heterocycles. The molecule has 2 heterocycles. The van der Waals surface area contributed by atoms with Crippen LogP contribution in [0, 0.1) is 0 Å². The number of fused-ring (bicyclic) bond motifs is 1. The minimum absolute atomic E-state index is 0.0437. The molecule has 1 amide bonds. The molecular weight excluding hydrogens is 475 g/mol. The summed E-state index contributed by atoms with van der Waals surface area (Å²) in [6, 6.07) is 13.4. The minimum Gasteiger partial charge on any atom is -0.457 e. The van der Waals surface area contributed by atoms with Crippen molar-refractivity contribution in [2.45, 2.75) is 11.6 Å². The summed E-state index contributed by atoms with van der Waals surface area (Å²) in [7, 11) is 0. The monoisotopic (exact) mass is 490 g/mol. The van der Waals surface area contributed by atoms with Crippen molar-refractivity contribution in [3.05, 3.63) is 75.9 Å². The number of nitrogens with one attached hydrogen (secondary N) is 1. The second-order valence-electron chi connectivity index (χ2n) is 6.54. The third-order valence-electron chi connectivity index (χ3n) is 4.40. The van der Waals surface area contributed by atoms with Crippen LogP contribution < -0.4 is 14.8 Å². The van der Waals surface area contributed by atoms with Gasteiger partial charge in [-0.15, -0.1) is 0 Å². The Labute approximate surface area is 198 Å². The molecule has 1 aliphatic rings. The van der Waals surface area contributed by atoms with E-state index in [4.69, 9.17) is 37.4 Å². The van der Waals surface area contributed by atoms with E-state index in [0.717, 1.165) is 11.8 Å². The Morgan fingerprint density at radius 3 is 2.66 bits per heavy atom. The summed E-state index contributed by atoms with van der Waals surface area (Å²) in [5.74, 6) is 0.396. The fourth-order valence-corrected chi connectivity index (χ4v) is 4.14. The van der Waals surface area contributed by atoms with Gasteiger partial charge in [-0.25, -0.2) is 9.78 Å². The summed E-state index contributed by atoms with van der Waals surface area (Å²) in [5.41, 5.74) is 1.35. The molecule has 0 radical (unpaired) electrons. The molecule has 4 rings (SSSR count). The quantitative estimate of drug-likeness (QED) is 0.359. The van der Waals surface area contributed by atoms with Crippen molar-refractivity contribution in [1.29, 1.82) is 0 Å². The molecule has 0 aliphatic carbocycles. The van der Waals surface area contributed by atoms with E-state index >= 15 is 0 Å². The Hall–Kier alpha value is -2.94. The van der Waals surface area contributed by atoms with Crippen LogP contribution in [0.4, 0.5) is 5.69 Å². The van der Waals surface area contributed by atoms with E-state index < -0.39 is 5.97 Å². The fourth-order valence-electron chi connectivity index (χ4n) is 2.85. The lowest BCUT2D eigenvalue weighted by atomic mass is 10.2. The molecule has 2 aromatic carbocycles. The molecule has 3 aromatic rings. The van der Waals surface area contributed by atoms with Crippen molar-refractivity contribution in [2.75, 3.05) is 17.9 Å². The highest BCUT2D eigenvalue weighted by Gasteiger charge is 2.18. The third-order valence-corrected chi connectivity index (χ3v) is 6.11. The number of thioether (sulfide) groups is 1. The van der Waals surface area contributed by atoms with E-state index in [2.05, 4.69) is 10.3 Å². The van der Waals surface area contributed by atoms with Crippen LogP contribution in [0.2, 0.25) is 10.0 Å². The van der Waals surface area contributed by atoms with Gasteiger partial charge in [-0.1, -0.05) is 41.0 Å². The molecule has 0 atom stereocenters. The standard InChI is InChI=1S/C22H16Cl2N2O5S/c23-16-4-1-5-17(24)15(16)10-29-22(28)14-3-2-8-25-21(14)32-11-20(27)26-13-6-7-18-19(9-13)31-12-30-18/h1-9H,10-12H2,(H,26,27). The number of benzene rings is 2. The lowest BCUT2D eigenvalue weighted by Crippen LogP contribution is -2.15. The summed E-state index contributed by atoms with van der Waals surface area (Å²) in [5, 5.41) is 3.98. The average molecular weight is 491 g/mol. The van der Waals surface area contributed by atoms with E-state index in [1.165, 1.54) is 0 Å². The first-order valence-corrected chi connectivity index (χ1v) is 11.1. The molecule has 0 bridgehead atoms.